The Hall–Kier alpha value is -0.160. The van der Waals surface area contributed by atoms with Gasteiger partial charge >= 0.3 is 0 Å². The Bertz CT molecular complexity index is 198. The van der Waals surface area contributed by atoms with Gasteiger partial charge in [0.2, 0.25) is 0 Å². The number of hydrogen-bond acceptors (Lipinski definition) is 4. The molecule has 0 amide bonds. The Kier molecular flexibility index (Phi) is 5.18. The summed E-state index contributed by atoms with van der Waals surface area (Å²) < 4.78 is 11.0. The molecule has 1 aliphatic rings. The molecule has 96 valence electrons. The third kappa shape index (κ3) is 3.42. The largest absolute Gasteiger partial charge is 0.381 e. The molecule has 1 saturated heterocycles. The zero-order valence-corrected chi connectivity index (χ0v) is 11.0. The van der Waals surface area contributed by atoms with Crippen molar-refractivity contribution in [2.75, 3.05) is 20.3 Å². The number of nitrogens with one attached hydrogen (secondary N) is 1. The smallest absolute Gasteiger partial charge is 0.0788 e. The molecule has 4 heteroatoms. The van der Waals surface area contributed by atoms with Crippen molar-refractivity contribution in [1.82, 2.24) is 5.43 Å². The van der Waals surface area contributed by atoms with Crippen molar-refractivity contribution < 1.29 is 9.47 Å². The van der Waals surface area contributed by atoms with E-state index in [-0.39, 0.29) is 17.6 Å². The maximum absolute atomic E-state index is 5.71. The van der Waals surface area contributed by atoms with Crippen LogP contribution in [0.1, 0.15) is 33.6 Å². The Morgan fingerprint density at radius 3 is 2.25 bits per heavy atom. The van der Waals surface area contributed by atoms with E-state index in [1.54, 1.807) is 7.11 Å². The Morgan fingerprint density at radius 2 is 1.88 bits per heavy atom. The van der Waals surface area contributed by atoms with Crippen LogP contribution in [0.3, 0.4) is 0 Å². The maximum Gasteiger partial charge on any atom is 0.0788 e. The predicted molar refractivity (Wildman–Crippen MR) is 64.9 cm³/mol. The minimum atomic E-state index is 0.0874. The lowest BCUT2D eigenvalue weighted by Gasteiger charge is -2.40. The summed E-state index contributed by atoms with van der Waals surface area (Å²) in [5.74, 6) is 6.25. The third-order valence-corrected chi connectivity index (χ3v) is 3.40. The van der Waals surface area contributed by atoms with Gasteiger partial charge in [-0.3, -0.25) is 11.3 Å². The van der Waals surface area contributed by atoms with E-state index >= 15 is 0 Å². The third-order valence-electron chi connectivity index (χ3n) is 3.40. The minimum absolute atomic E-state index is 0.0874. The van der Waals surface area contributed by atoms with Crippen molar-refractivity contribution in [3.63, 3.8) is 0 Å². The van der Waals surface area contributed by atoms with E-state index in [1.165, 1.54) is 0 Å². The SMILES string of the molecule is COC(C(NN)C1CCOCC1)C(C)(C)C. The topological polar surface area (TPSA) is 56.5 Å². The summed E-state index contributed by atoms with van der Waals surface area (Å²) in [7, 11) is 1.76. The molecule has 0 radical (unpaired) electrons. The van der Waals surface area contributed by atoms with Gasteiger partial charge in [0.1, 0.15) is 0 Å². The van der Waals surface area contributed by atoms with Crippen LogP contribution in [0.25, 0.3) is 0 Å². The van der Waals surface area contributed by atoms with Gasteiger partial charge in [0, 0.05) is 20.3 Å². The summed E-state index contributed by atoms with van der Waals surface area (Å²) in [5.41, 5.74) is 3.04. The lowest BCUT2D eigenvalue weighted by molar-refractivity contribution is -0.0452. The maximum atomic E-state index is 5.71. The summed E-state index contributed by atoms with van der Waals surface area (Å²) in [6, 6.07) is 0.203. The van der Waals surface area contributed by atoms with Gasteiger partial charge in [-0.25, -0.2) is 0 Å². The first kappa shape index (κ1) is 13.9. The van der Waals surface area contributed by atoms with Crippen molar-refractivity contribution >= 4 is 0 Å². The Labute approximate surface area is 98.8 Å². The quantitative estimate of drug-likeness (QED) is 0.565. The molecule has 0 aliphatic carbocycles. The van der Waals surface area contributed by atoms with Crippen molar-refractivity contribution in [3.8, 4) is 0 Å². The number of nitrogens with two attached hydrogens (primary N) is 1. The molecular formula is C12H26N2O2. The standard InChI is InChI=1S/C12H26N2O2/c1-12(2,3)11(15-4)10(14-13)9-5-7-16-8-6-9/h9-11,14H,5-8,13H2,1-4H3. The van der Waals surface area contributed by atoms with Gasteiger partial charge in [-0.1, -0.05) is 20.8 Å². The van der Waals surface area contributed by atoms with Crippen LogP contribution in [-0.2, 0) is 9.47 Å². The van der Waals surface area contributed by atoms with Crippen LogP contribution in [0.2, 0.25) is 0 Å². The molecule has 1 aliphatic heterocycles. The molecule has 1 heterocycles. The summed E-state index contributed by atoms with van der Waals surface area (Å²) in [6.07, 6.45) is 2.25. The number of methoxy groups -OCH3 is 1. The van der Waals surface area contributed by atoms with Crippen molar-refractivity contribution in [1.29, 1.82) is 0 Å². The van der Waals surface area contributed by atoms with Gasteiger partial charge in [-0.15, -0.1) is 0 Å². The van der Waals surface area contributed by atoms with Gasteiger partial charge < -0.3 is 9.47 Å². The Balaban J connectivity index is 2.69. The highest BCUT2D eigenvalue weighted by Crippen LogP contribution is 2.30. The highest BCUT2D eigenvalue weighted by Gasteiger charge is 2.37. The second kappa shape index (κ2) is 5.96. The van der Waals surface area contributed by atoms with E-state index < -0.39 is 0 Å². The molecule has 0 bridgehead atoms. The van der Waals surface area contributed by atoms with E-state index in [9.17, 15) is 0 Å². The van der Waals surface area contributed by atoms with Crippen LogP contribution in [0, 0.1) is 11.3 Å². The molecule has 0 aromatic carbocycles. The van der Waals surface area contributed by atoms with Crippen molar-refractivity contribution in [2.24, 2.45) is 17.2 Å². The van der Waals surface area contributed by atoms with E-state index in [1.807, 2.05) is 0 Å². The van der Waals surface area contributed by atoms with E-state index in [4.69, 9.17) is 15.3 Å². The van der Waals surface area contributed by atoms with Crippen LogP contribution in [0.4, 0.5) is 0 Å². The minimum Gasteiger partial charge on any atom is -0.381 e. The van der Waals surface area contributed by atoms with Crippen molar-refractivity contribution in [3.05, 3.63) is 0 Å². The second-order valence-electron chi connectivity index (χ2n) is 5.66. The number of hydrogen-bond donors (Lipinski definition) is 2. The molecule has 16 heavy (non-hydrogen) atoms. The van der Waals surface area contributed by atoms with Crippen LogP contribution < -0.4 is 11.3 Å². The molecule has 3 N–H and O–H groups in total. The first-order chi connectivity index (χ1) is 7.50. The van der Waals surface area contributed by atoms with E-state index in [0.29, 0.717) is 5.92 Å². The fourth-order valence-corrected chi connectivity index (χ4v) is 2.58. The van der Waals surface area contributed by atoms with Gasteiger partial charge in [-0.2, -0.15) is 0 Å². The molecule has 2 unspecified atom stereocenters. The molecule has 0 aromatic heterocycles. The summed E-state index contributed by atoms with van der Waals surface area (Å²) in [6.45, 7) is 8.23. The highest BCUT2D eigenvalue weighted by molar-refractivity contribution is 4.90. The predicted octanol–water partition coefficient (Wildman–Crippen LogP) is 1.31. The van der Waals surface area contributed by atoms with Gasteiger partial charge in [-0.05, 0) is 24.2 Å². The van der Waals surface area contributed by atoms with Crippen LogP contribution >= 0.6 is 0 Å². The molecule has 2 atom stereocenters. The zero-order valence-electron chi connectivity index (χ0n) is 11.0. The fraction of sp³-hybridized carbons (Fsp3) is 1.00. The molecule has 1 rings (SSSR count). The average molecular weight is 230 g/mol. The molecule has 1 fully saturated rings. The molecule has 4 nitrogen and oxygen atoms in total. The first-order valence-electron chi connectivity index (χ1n) is 6.07. The van der Waals surface area contributed by atoms with Crippen LogP contribution in [0.5, 0.6) is 0 Å². The normalized spacial score (nSPS) is 23.1. The summed E-state index contributed by atoms with van der Waals surface area (Å²) in [5, 5.41) is 0. The van der Waals surface area contributed by atoms with E-state index in [2.05, 4.69) is 26.2 Å². The number of hydrazine groups is 1. The van der Waals surface area contributed by atoms with Gasteiger partial charge in [0.05, 0.1) is 12.1 Å². The van der Waals surface area contributed by atoms with Crippen LogP contribution in [0.15, 0.2) is 0 Å². The molecule has 0 saturated carbocycles. The average Bonchev–Trinajstić information content (AvgIpc) is 2.25. The fourth-order valence-electron chi connectivity index (χ4n) is 2.58. The lowest BCUT2D eigenvalue weighted by atomic mass is 9.78. The highest BCUT2D eigenvalue weighted by atomic mass is 16.5. The zero-order chi connectivity index (χ0) is 12.2. The number of ether oxygens (including phenoxy) is 2. The first-order valence-corrected chi connectivity index (χ1v) is 6.07. The summed E-state index contributed by atoms with van der Waals surface area (Å²) >= 11 is 0. The Morgan fingerprint density at radius 1 is 1.31 bits per heavy atom. The molecular weight excluding hydrogens is 204 g/mol. The molecule has 0 aromatic rings. The van der Waals surface area contributed by atoms with E-state index in [0.717, 1.165) is 26.1 Å². The second-order valence-corrected chi connectivity index (χ2v) is 5.66. The summed E-state index contributed by atoms with van der Waals surface area (Å²) in [4.78, 5) is 0. The number of rotatable bonds is 4. The van der Waals surface area contributed by atoms with Crippen molar-refractivity contribution in [2.45, 2.75) is 45.8 Å². The van der Waals surface area contributed by atoms with Crippen LogP contribution in [-0.4, -0.2) is 32.5 Å². The monoisotopic (exact) mass is 230 g/mol. The lowest BCUT2D eigenvalue weighted by Crippen LogP contribution is -2.55. The molecule has 0 spiro atoms. The van der Waals surface area contributed by atoms with Gasteiger partial charge in [0.25, 0.3) is 0 Å². The van der Waals surface area contributed by atoms with Gasteiger partial charge in [0.15, 0.2) is 0 Å².